The van der Waals surface area contributed by atoms with Crippen LogP contribution in [0.4, 0.5) is 0 Å². The van der Waals surface area contributed by atoms with Gasteiger partial charge in [0.25, 0.3) is 0 Å². The van der Waals surface area contributed by atoms with Crippen molar-refractivity contribution in [2.45, 2.75) is 25.9 Å². The van der Waals surface area contributed by atoms with Crippen molar-refractivity contribution in [3.63, 3.8) is 0 Å². The minimum atomic E-state index is 0.371. The fourth-order valence-electron chi connectivity index (χ4n) is 1.85. The molecule has 1 unspecified atom stereocenters. The van der Waals surface area contributed by atoms with Gasteiger partial charge in [-0.25, -0.2) is 0 Å². The third-order valence-electron chi connectivity index (χ3n) is 2.95. The van der Waals surface area contributed by atoms with Crippen LogP contribution >= 0.6 is 0 Å². The molecule has 0 amide bonds. The maximum Gasteiger partial charge on any atom is 0.164 e. The van der Waals surface area contributed by atoms with E-state index in [1.165, 1.54) is 0 Å². The van der Waals surface area contributed by atoms with Crippen LogP contribution in [0.2, 0.25) is 0 Å². The summed E-state index contributed by atoms with van der Waals surface area (Å²) < 4.78 is 15.9. The molecule has 0 saturated heterocycles. The van der Waals surface area contributed by atoms with Gasteiger partial charge in [-0.1, -0.05) is 6.08 Å². The van der Waals surface area contributed by atoms with Gasteiger partial charge in [0, 0.05) is 24.2 Å². The standard InChI is InChI=1S/C15H23NO3/c1-6-7-11(2)16-10-12-8-14(18-4)15(19-5)9-13(12)17-3/h6,8-9,11,16H,1,7,10H2,2-5H3. The van der Waals surface area contributed by atoms with E-state index < -0.39 is 0 Å². The summed E-state index contributed by atoms with van der Waals surface area (Å²) in [4.78, 5) is 0. The number of benzene rings is 1. The molecule has 0 aliphatic heterocycles. The Kier molecular flexibility index (Phi) is 6.22. The zero-order chi connectivity index (χ0) is 14.3. The molecule has 4 heteroatoms. The Hall–Kier alpha value is -1.68. The molecule has 1 aromatic carbocycles. The van der Waals surface area contributed by atoms with Crippen LogP contribution in [0.5, 0.6) is 17.2 Å². The summed E-state index contributed by atoms with van der Waals surface area (Å²) in [5.41, 5.74) is 1.04. The van der Waals surface area contributed by atoms with Gasteiger partial charge in [0.2, 0.25) is 0 Å². The van der Waals surface area contributed by atoms with Gasteiger partial charge < -0.3 is 19.5 Å². The van der Waals surface area contributed by atoms with Gasteiger partial charge in [0.05, 0.1) is 21.3 Å². The summed E-state index contributed by atoms with van der Waals surface area (Å²) >= 11 is 0. The third kappa shape index (κ3) is 4.17. The summed E-state index contributed by atoms with van der Waals surface area (Å²) in [6.45, 7) is 6.57. The van der Waals surface area contributed by atoms with Crippen molar-refractivity contribution in [3.8, 4) is 17.2 Å². The Bertz CT molecular complexity index is 418. The molecular formula is C15H23NO3. The van der Waals surface area contributed by atoms with E-state index in [-0.39, 0.29) is 0 Å². The van der Waals surface area contributed by atoms with E-state index in [1.54, 1.807) is 21.3 Å². The molecule has 0 spiro atoms. The number of hydrogen-bond donors (Lipinski definition) is 1. The normalized spacial score (nSPS) is 11.8. The Labute approximate surface area is 115 Å². The van der Waals surface area contributed by atoms with Gasteiger partial charge in [-0.15, -0.1) is 6.58 Å². The highest BCUT2D eigenvalue weighted by atomic mass is 16.5. The molecular weight excluding hydrogens is 242 g/mol. The Morgan fingerprint density at radius 1 is 1.11 bits per heavy atom. The molecule has 19 heavy (non-hydrogen) atoms. The number of nitrogens with one attached hydrogen (secondary N) is 1. The molecule has 1 aromatic rings. The molecule has 0 aromatic heterocycles. The monoisotopic (exact) mass is 265 g/mol. The highest BCUT2D eigenvalue weighted by molar-refractivity contribution is 5.50. The lowest BCUT2D eigenvalue weighted by atomic mass is 10.1. The molecule has 0 aliphatic rings. The Morgan fingerprint density at radius 2 is 1.68 bits per heavy atom. The van der Waals surface area contributed by atoms with Gasteiger partial charge >= 0.3 is 0 Å². The fourth-order valence-corrected chi connectivity index (χ4v) is 1.85. The van der Waals surface area contributed by atoms with E-state index >= 15 is 0 Å². The van der Waals surface area contributed by atoms with Crippen molar-refractivity contribution in [2.75, 3.05) is 21.3 Å². The first kappa shape index (κ1) is 15.4. The molecule has 1 N–H and O–H groups in total. The van der Waals surface area contributed by atoms with Crippen molar-refractivity contribution >= 4 is 0 Å². The van der Waals surface area contributed by atoms with Crippen LogP contribution in [0, 0.1) is 0 Å². The number of ether oxygens (including phenoxy) is 3. The maximum atomic E-state index is 5.38. The topological polar surface area (TPSA) is 39.7 Å². The van der Waals surface area contributed by atoms with Gasteiger partial charge in [-0.05, 0) is 19.4 Å². The summed E-state index contributed by atoms with van der Waals surface area (Å²) in [5, 5.41) is 3.42. The minimum absolute atomic E-state index is 0.371. The average molecular weight is 265 g/mol. The van der Waals surface area contributed by atoms with Gasteiger partial charge in [-0.2, -0.15) is 0 Å². The molecule has 0 fully saturated rings. The highest BCUT2D eigenvalue weighted by Gasteiger charge is 2.12. The van der Waals surface area contributed by atoms with E-state index in [2.05, 4.69) is 18.8 Å². The maximum absolute atomic E-state index is 5.38. The minimum Gasteiger partial charge on any atom is -0.496 e. The zero-order valence-electron chi connectivity index (χ0n) is 12.2. The summed E-state index contributed by atoms with van der Waals surface area (Å²) in [6, 6.07) is 4.15. The molecule has 106 valence electrons. The molecule has 0 aliphatic carbocycles. The first-order valence-corrected chi connectivity index (χ1v) is 6.29. The number of rotatable bonds is 8. The van der Waals surface area contributed by atoms with Gasteiger partial charge in [0.1, 0.15) is 5.75 Å². The zero-order valence-corrected chi connectivity index (χ0v) is 12.2. The van der Waals surface area contributed by atoms with Crippen molar-refractivity contribution in [1.29, 1.82) is 0 Å². The van der Waals surface area contributed by atoms with Crippen LogP contribution in [-0.2, 0) is 6.54 Å². The predicted octanol–water partition coefficient (Wildman–Crippen LogP) is 2.77. The lowest BCUT2D eigenvalue weighted by molar-refractivity contribution is 0.346. The molecule has 4 nitrogen and oxygen atoms in total. The predicted molar refractivity (Wildman–Crippen MR) is 77.2 cm³/mol. The quantitative estimate of drug-likeness (QED) is 0.734. The van der Waals surface area contributed by atoms with E-state index in [0.717, 1.165) is 17.7 Å². The average Bonchev–Trinajstić information content (AvgIpc) is 2.44. The summed E-state index contributed by atoms with van der Waals surface area (Å²) in [5.74, 6) is 2.16. The molecule has 0 bridgehead atoms. The van der Waals surface area contributed by atoms with Crippen molar-refractivity contribution in [1.82, 2.24) is 5.32 Å². The van der Waals surface area contributed by atoms with E-state index in [4.69, 9.17) is 14.2 Å². The van der Waals surface area contributed by atoms with Crippen LogP contribution in [0.3, 0.4) is 0 Å². The molecule has 0 saturated carbocycles. The van der Waals surface area contributed by atoms with Gasteiger partial charge in [0.15, 0.2) is 11.5 Å². The lowest BCUT2D eigenvalue weighted by Gasteiger charge is -2.16. The Morgan fingerprint density at radius 3 is 2.21 bits per heavy atom. The first-order chi connectivity index (χ1) is 9.15. The molecule has 0 heterocycles. The smallest absolute Gasteiger partial charge is 0.164 e. The number of methoxy groups -OCH3 is 3. The Balaban J connectivity index is 2.89. The highest BCUT2D eigenvalue weighted by Crippen LogP contribution is 2.34. The third-order valence-corrected chi connectivity index (χ3v) is 2.95. The lowest BCUT2D eigenvalue weighted by Crippen LogP contribution is -2.24. The molecule has 0 radical (unpaired) electrons. The first-order valence-electron chi connectivity index (χ1n) is 6.29. The summed E-state index contributed by atoms with van der Waals surface area (Å²) in [6.07, 6.45) is 2.83. The second-order valence-electron chi connectivity index (χ2n) is 4.33. The second-order valence-corrected chi connectivity index (χ2v) is 4.33. The number of hydrogen-bond acceptors (Lipinski definition) is 4. The largest absolute Gasteiger partial charge is 0.496 e. The van der Waals surface area contributed by atoms with Gasteiger partial charge in [-0.3, -0.25) is 0 Å². The molecule has 1 atom stereocenters. The van der Waals surface area contributed by atoms with Crippen LogP contribution in [0.25, 0.3) is 0 Å². The van der Waals surface area contributed by atoms with E-state index in [0.29, 0.717) is 24.1 Å². The van der Waals surface area contributed by atoms with E-state index in [9.17, 15) is 0 Å². The van der Waals surface area contributed by atoms with Crippen molar-refractivity contribution in [3.05, 3.63) is 30.4 Å². The van der Waals surface area contributed by atoms with Crippen LogP contribution < -0.4 is 19.5 Å². The SMILES string of the molecule is C=CCC(C)NCc1cc(OC)c(OC)cc1OC. The summed E-state index contributed by atoms with van der Waals surface area (Å²) in [7, 11) is 4.89. The van der Waals surface area contributed by atoms with Crippen LogP contribution in [0.15, 0.2) is 24.8 Å². The second kappa shape index (κ2) is 7.69. The van der Waals surface area contributed by atoms with Crippen molar-refractivity contribution < 1.29 is 14.2 Å². The molecule has 1 rings (SSSR count). The van der Waals surface area contributed by atoms with E-state index in [1.807, 2.05) is 18.2 Å². The van der Waals surface area contributed by atoms with Crippen LogP contribution in [-0.4, -0.2) is 27.4 Å². The fraction of sp³-hybridized carbons (Fsp3) is 0.467. The van der Waals surface area contributed by atoms with Crippen molar-refractivity contribution in [2.24, 2.45) is 0 Å². The van der Waals surface area contributed by atoms with Crippen LogP contribution in [0.1, 0.15) is 18.9 Å².